The van der Waals surface area contributed by atoms with Gasteiger partial charge in [0.2, 0.25) is 10.0 Å². The van der Waals surface area contributed by atoms with Gasteiger partial charge in [0.25, 0.3) is 0 Å². The van der Waals surface area contributed by atoms with Crippen molar-refractivity contribution in [3.8, 4) is 11.3 Å². The Morgan fingerprint density at radius 3 is 2.50 bits per heavy atom. The third kappa shape index (κ3) is 4.18. The van der Waals surface area contributed by atoms with Gasteiger partial charge in [-0.1, -0.05) is 30.3 Å². The van der Waals surface area contributed by atoms with Crippen LogP contribution >= 0.6 is 11.3 Å². The predicted octanol–water partition coefficient (Wildman–Crippen LogP) is 3.91. The second-order valence-corrected chi connectivity index (χ2v) is 8.04. The number of benzene rings is 2. The number of anilines is 1. The minimum atomic E-state index is -3.29. The lowest BCUT2D eigenvalue weighted by atomic mass is 10.1. The summed E-state index contributed by atoms with van der Waals surface area (Å²) in [5.41, 5.74) is 2.79. The molecule has 0 atom stereocenters. The van der Waals surface area contributed by atoms with E-state index in [4.69, 9.17) is 0 Å². The number of hydrogen-bond donors (Lipinski definition) is 1. The zero-order valence-electron chi connectivity index (χ0n) is 12.9. The van der Waals surface area contributed by atoms with Crippen LogP contribution in [0.4, 0.5) is 10.1 Å². The number of nitrogens with one attached hydrogen (secondary N) is 1. The van der Waals surface area contributed by atoms with Crippen LogP contribution < -0.4 is 4.72 Å². The minimum Gasteiger partial charge on any atom is -0.284 e. The van der Waals surface area contributed by atoms with Crippen molar-refractivity contribution < 1.29 is 12.8 Å². The van der Waals surface area contributed by atoms with E-state index in [1.807, 2.05) is 5.38 Å². The monoisotopic (exact) mass is 362 g/mol. The van der Waals surface area contributed by atoms with Crippen molar-refractivity contribution in [2.24, 2.45) is 0 Å². The molecule has 0 saturated heterocycles. The Morgan fingerprint density at radius 1 is 1.12 bits per heavy atom. The smallest absolute Gasteiger partial charge is 0.229 e. The molecule has 0 aliphatic rings. The summed E-state index contributed by atoms with van der Waals surface area (Å²) in [6, 6.07) is 13.6. The molecule has 4 nitrogen and oxygen atoms in total. The van der Waals surface area contributed by atoms with Crippen molar-refractivity contribution in [2.75, 3.05) is 11.0 Å². The van der Waals surface area contributed by atoms with Gasteiger partial charge in [0, 0.05) is 23.1 Å². The lowest BCUT2D eigenvalue weighted by molar-refractivity contribution is 0.606. The Morgan fingerprint density at radius 2 is 1.83 bits per heavy atom. The van der Waals surface area contributed by atoms with E-state index in [0.717, 1.165) is 22.5 Å². The predicted molar refractivity (Wildman–Crippen MR) is 95.2 cm³/mol. The first kappa shape index (κ1) is 16.6. The van der Waals surface area contributed by atoms with E-state index >= 15 is 0 Å². The van der Waals surface area contributed by atoms with Crippen molar-refractivity contribution in [3.63, 3.8) is 0 Å². The molecule has 1 aromatic heterocycles. The van der Waals surface area contributed by atoms with Crippen LogP contribution in [0.3, 0.4) is 0 Å². The first-order valence-electron chi connectivity index (χ1n) is 7.17. The van der Waals surface area contributed by atoms with Crippen molar-refractivity contribution in [2.45, 2.75) is 6.42 Å². The van der Waals surface area contributed by atoms with Gasteiger partial charge >= 0.3 is 0 Å². The normalized spacial score (nSPS) is 11.4. The maximum atomic E-state index is 13.7. The zero-order valence-corrected chi connectivity index (χ0v) is 14.5. The molecule has 0 unspecified atom stereocenters. The van der Waals surface area contributed by atoms with Crippen LogP contribution in [0.1, 0.15) is 10.6 Å². The van der Waals surface area contributed by atoms with Gasteiger partial charge in [-0.2, -0.15) is 0 Å². The molecule has 0 spiro atoms. The highest BCUT2D eigenvalue weighted by atomic mass is 32.2. The van der Waals surface area contributed by atoms with Crippen LogP contribution in [-0.4, -0.2) is 19.7 Å². The maximum Gasteiger partial charge on any atom is 0.229 e. The number of aromatic nitrogens is 1. The summed E-state index contributed by atoms with van der Waals surface area (Å²) in [6.07, 6.45) is 1.56. The van der Waals surface area contributed by atoms with E-state index in [9.17, 15) is 12.8 Å². The Kier molecular flexibility index (Phi) is 4.64. The molecule has 1 N–H and O–H groups in total. The van der Waals surface area contributed by atoms with E-state index in [0.29, 0.717) is 17.7 Å². The first-order valence-corrected chi connectivity index (χ1v) is 9.94. The molecular formula is C17H15FN2O2S2. The van der Waals surface area contributed by atoms with Crippen LogP contribution in [0.2, 0.25) is 0 Å². The van der Waals surface area contributed by atoms with Gasteiger partial charge in [-0.15, -0.1) is 11.3 Å². The Bertz CT molecular complexity index is 951. The maximum absolute atomic E-state index is 13.7. The molecule has 24 heavy (non-hydrogen) atoms. The second kappa shape index (κ2) is 6.70. The minimum absolute atomic E-state index is 0.231. The van der Waals surface area contributed by atoms with Crippen LogP contribution in [-0.2, 0) is 16.4 Å². The molecule has 0 amide bonds. The van der Waals surface area contributed by atoms with Crippen LogP contribution in [0, 0.1) is 5.82 Å². The Balaban J connectivity index is 1.77. The molecule has 124 valence electrons. The number of rotatable bonds is 5. The van der Waals surface area contributed by atoms with Gasteiger partial charge in [0.15, 0.2) is 0 Å². The Hall–Kier alpha value is -2.25. The summed E-state index contributed by atoms with van der Waals surface area (Å²) in [4.78, 5) is 4.53. The lowest BCUT2D eigenvalue weighted by Crippen LogP contribution is -2.09. The molecule has 0 bridgehead atoms. The van der Waals surface area contributed by atoms with Crippen LogP contribution in [0.25, 0.3) is 11.3 Å². The molecule has 1 heterocycles. The first-order chi connectivity index (χ1) is 11.4. The standard InChI is InChI=1S/C17H15FN2O2S2/c1-24(21,22)20-14-8-6-12(7-9-14)16-11-23-17(19-16)10-13-4-2-3-5-15(13)18/h2-9,11,20H,10H2,1H3. The molecule has 0 fully saturated rings. The number of thiazole rings is 1. The summed E-state index contributed by atoms with van der Waals surface area (Å²) in [5.74, 6) is -0.231. The Labute approximate surface area is 144 Å². The summed E-state index contributed by atoms with van der Waals surface area (Å²) in [6.45, 7) is 0. The highest BCUT2D eigenvalue weighted by Gasteiger charge is 2.09. The van der Waals surface area contributed by atoms with E-state index in [1.54, 1.807) is 42.5 Å². The van der Waals surface area contributed by atoms with Gasteiger partial charge in [-0.05, 0) is 23.8 Å². The highest BCUT2D eigenvalue weighted by molar-refractivity contribution is 7.92. The van der Waals surface area contributed by atoms with E-state index in [-0.39, 0.29) is 5.82 Å². The van der Waals surface area contributed by atoms with E-state index < -0.39 is 10.0 Å². The molecule has 0 saturated carbocycles. The molecule has 0 aliphatic carbocycles. The molecule has 0 aliphatic heterocycles. The summed E-state index contributed by atoms with van der Waals surface area (Å²) in [5, 5.41) is 2.74. The average Bonchev–Trinajstić information content (AvgIpc) is 2.97. The molecule has 2 aromatic carbocycles. The van der Waals surface area contributed by atoms with Crippen molar-refractivity contribution >= 4 is 27.0 Å². The van der Waals surface area contributed by atoms with Crippen molar-refractivity contribution in [1.82, 2.24) is 4.98 Å². The van der Waals surface area contributed by atoms with Crippen molar-refractivity contribution in [1.29, 1.82) is 0 Å². The largest absolute Gasteiger partial charge is 0.284 e. The van der Waals surface area contributed by atoms with Gasteiger partial charge in [0.05, 0.1) is 17.0 Å². The summed E-state index contributed by atoms with van der Waals surface area (Å²) < 4.78 is 38.5. The van der Waals surface area contributed by atoms with Crippen LogP contribution in [0.5, 0.6) is 0 Å². The molecular weight excluding hydrogens is 347 g/mol. The SMILES string of the molecule is CS(=O)(=O)Nc1ccc(-c2csc(Cc3ccccc3F)n2)cc1. The second-order valence-electron chi connectivity index (χ2n) is 5.35. The fraction of sp³-hybridized carbons (Fsp3) is 0.118. The van der Waals surface area contributed by atoms with Gasteiger partial charge < -0.3 is 0 Å². The van der Waals surface area contributed by atoms with Gasteiger partial charge in [0.1, 0.15) is 5.82 Å². The van der Waals surface area contributed by atoms with E-state index in [1.165, 1.54) is 17.4 Å². The molecule has 3 aromatic rings. The third-order valence-corrected chi connectivity index (χ3v) is 4.79. The fourth-order valence-electron chi connectivity index (χ4n) is 2.25. The van der Waals surface area contributed by atoms with Crippen LogP contribution in [0.15, 0.2) is 53.9 Å². The summed E-state index contributed by atoms with van der Waals surface area (Å²) in [7, 11) is -3.29. The number of hydrogen-bond acceptors (Lipinski definition) is 4. The molecule has 3 rings (SSSR count). The number of halogens is 1. The quantitative estimate of drug-likeness (QED) is 0.749. The van der Waals surface area contributed by atoms with Crippen molar-refractivity contribution in [3.05, 3.63) is 70.3 Å². The molecule has 0 radical (unpaired) electrons. The average molecular weight is 362 g/mol. The van der Waals surface area contributed by atoms with Gasteiger partial charge in [-0.3, -0.25) is 4.72 Å². The topological polar surface area (TPSA) is 59.1 Å². The lowest BCUT2D eigenvalue weighted by Gasteiger charge is -2.04. The summed E-state index contributed by atoms with van der Waals surface area (Å²) >= 11 is 1.47. The number of sulfonamides is 1. The van der Waals surface area contributed by atoms with Gasteiger partial charge in [-0.25, -0.2) is 17.8 Å². The molecule has 7 heteroatoms. The highest BCUT2D eigenvalue weighted by Crippen LogP contribution is 2.25. The van der Waals surface area contributed by atoms with E-state index in [2.05, 4.69) is 9.71 Å². The zero-order chi connectivity index (χ0) is 17.2. The fourth-order valence-corrected chi connectivity index (χ4v) is 3.64. The number of nitrogens with zero attached hydrogens (tertiary/aromatic N) is 1. The third-order valence-electron chi connectivity index (χ3n) is 3.34.